The van der Waals surface area contributed by atoms with Crippen molar-refractivity contribution in [3.8, 4) is 0 Å². The fraction of sp³-hybridized carbons (Fsp3) is 0.412. The molecule has 24 heavy (non-hydrogen) atoms. The van der Waals surface area contributed by atoms with Gasteiger partial charge in [-0.25, -0.2) is 9.88 Å². The molecule has 2 amide bonds. The van der Waals surface area contributed by atoms with Gasteiger partial charge >= 0.3 is 0 Å². The maximum atomic E-state index is 11.8. The van der Waals surface area contributed by atoms with Crippen molar-refractivity contribution in [3.05, 3.63) is 23.8 Å². The van der Waals surface area contributed by atoms with Crippen LogP contribution in [0, 0.1) is 0 Å². The summed E-state index contributed by atoms with van der Waals surface area (Å²) in [5.41, 5.74) is 1.79. The number of alkyl halides is 1. The van der Waals surface area contributed by atoms with E-state index in [1.807, 2.05) is 18.2 Å². The third kappa shape index (κ3) is 4.08. The molecule has 0 aliphatic carbocycles. The first-order chi connectivity index (χ1) is 11.5. The first-order valence-corrected chi connectivity index (χ1v) is 9.01. The number of amides is 2. The number of anilines is 2. The third-order valence-electron chi connectivity index (χ3n) is 3.56. The van der Waals surface area contributed by atoms with Crippen molar-refractivity contribution in [2.75, 3.05) is 16.8 Å². The highest BCUT2D eigenvalue weighted by Crippen LogP contribution is 2.26. The summed E-state index contributed by atoms with van der Waals surface area (Å²) in [6.45, 7) is 5.53. The summed E-state index contributed by atoms with van der Waals surface area (Å²) in [5.74, 6) is -0.0660. The number of hydrogen-bond acceptors (Lipinski definition) is 5. The molecule has 1 N–H and O–H groups in total. The van der Waals surface area contributed by atoms with Crippen LogP contribution in [-0.4, -0.2) is 28.3 Å². The number of rotatable bonds is 6. The van der Waals surface area contributed by atoms with Gasteiger partial charge in [0.25, 0.3) is 0 Å². The van der Waals surface area contributed by atoms with E-state index >= 15 is 0 Å². The first-order valence-electron chi connectivity index (χ1n) is 7.89. The molecule has 7 heteroatoms. The molecule has 0 atom stereocenters. The van der Waals surface area contributed by atoms with Crippen LogP contribution in [0.2, 0.25) is 0 Å². The molecule has 2 aromatic rings. The Balaban J connectivity index is 2.58. The minimum absolute atomic E-state index is 0.105. The van der Waals surface area contributed by atoms with Crippen molar-refractivity contribution < 1.29 is 9.59 Å². The zero-order valence-corrected chi connectivity index (χ0v) is 15.7. The van der Waals surface area contributed by atoms with Gasteiger partial charge in [-0.2, -0.15) is 4.98 Å². The van der Waals surface area contributed by atoms with Crippen LogP contribution in [0.5, 0.6) is 0 Å². The molecule has 6 nitrogen and oxygen atoms in total. The summed E-state index contributed by atoms with van der Waals surface area (Å²) in [7, 11) is 0. The lowest BCUT2D eigenvalue weighted by Crippen LogP contribution is -2.34. The van der Waals surface area contributed by atoms with Crippen LogP contribution in [0.3, 0.4) is 0 Å². The van der Waals surface area contributed by atoms with Gasteiger partial charge in [0, 0.05) is 31.1 Å². The summed E-state index contributed by atoms with van der Waals surface area (Å²) < 4.78 is 0. The zero-order valence-electron chi connectivity index (χ0n) is 14.1. The molecule has 0 fully saturated rings. The zero-order chi connectivity index (χ0) is 17.7. The van der Waals surface area contributed by atoms with Crippen LogP contribution in [0.25, 0.3) is 10.9 Å². The number of benzene rings is 1. The Morgan fingerprint density at radius 2 is 1.92 bits per heavy atom. The number of unbranched alkanes of at least 4 members (excludes halogenated alkanes) is 1. The molecular formula is C17H21BrN4O2. The number of halogens is 1. The summed E-state index contributed by atoms with van der Waals surface area (Å²) in [6.07, 6.45) is 2.06. The molecule has 128 valence electrons. The predicted molar refractivity (Wildman–Crippen MR) is 99.4 cm³/mol. The van der Waals surface area contributed by atoms with Crippen LogP contribution < -0.4 is 10.2 Å². The van der Waals surface area contributed by atoms with Gasteiger partial charge in [-0.15, -0.1) is 0 Å². The molecule has 1 heterocycles. The summed E-state index contributed by atoms with van der Waals surface area (Å²) in [5, 5.41) is 4.90. The van der Waals surface area contributed by atoms with Crippen molar-refractivity contribution in [2.24, 2.45) is 0 Å². The largest absolute Gasteiger partial charge is 0.369 e. The van der Waals surface area contributed by atoms with Crippen LogP contribution in [0.15, 0.2) is 18.2 Å². The average molecular weight is 393 g/mol. The number of imide groups is 1. The lowest BCUT2D eigenvalue weighted by molar-refractivity contribution is -0.124. The Morgan fingerprint density at radius 3 is 2.50 bits per heavy atom. The van der Waals surface area contributed by atoms with Gasteiger partial charge in [0.2, 0.25) is 17.8 Å². The molecule has 0 saturated carbocycles. The van der Waals surface area contributed by atoms with Crippen molar-refractivity contribution >= 4 is 50.4 Å². The number of nitrogens with one attached hydrogen (secondary N) is 1. The quantitative estimate of drug-likeness (QED) is 0.599. The van der Waals surface area contributed by atoms with Crippen LogP contribution >= 0.6 is 15.9 Å². The van der Waals surface area contributed by atoms with E-state index in [-0.39, 0.29) is 5.95 Å². The molecule has 0 bridgehead atoms. The van der Waals surface area contributed by atoms with E-state index in [9.17, 15) is 9.59 Å². The Kier molecular flexibility index (Phi) is 6.25. The van der Waals surface area contributed by atoms with Gasteiger partial charge in [-0.1, -0.05) is 35.3 Å². The first kappa shape index (κ1) is 18.3. The second kappa shape index (κ2) is 8.19. The van der Waals surface area contributed by atoms with Crippen molar-refractivity contribution in [2.45, 2.75) is 38.9 Å². The number of hydrogen-bond donors (Lipinski definition) is 1. The van der Waals surface area contributed by atoms with Crippen molar-refractivity contribution in [1.29, 1.82) is 0 Å². The standard InChI is InChI=1S/C17H21BrN4O2/c1-4-5-8-19-16-14-9-13(10-18)6-7-15(14)20-17(21-16)22(11(2)23)12(3)24/h6-7,9H,4-5,8,10H2,1-3H3,(H,19,20,21). The van der Waals surface area contributed by atoms with E-state index in [1.165, 1.54) is 13.8 Å². The number of carbonyl (C=O) groups excluding carboxylic acids is 2. The number of nitrogens with zero attached hydrogens (tertiary/aromatic N) is 3. The highest BCUT2D eigenvalue weighted by molar-refractivity contribution is 9.08. The molecule has 0 aliphatic heterocycles. The molecule has 0 aliphatic rings. The van der Waals surface area contributed by atoms with Gasteiger partial charge in [-0.3, -0.25) is 9.59 Å². The minimum Gasteiger partial charge on any atom is -0.369 e. The highest BCUT2D eigenvalue weighted by atomic mass is 79.9. The van der Waals surface area contributed by atoms with E-state index in [0.717, 1.165) is 40.6 Å². The van der Waals surface area contributed by atoms with Crippen LogP contribution in [-0.2, 0) is 14.9 Å². The lowest BCUT2D eigenvalue weighted by atomic mass is 10.1. The minimum atomic E-state index is -0.404. The Bertz CT molecular complexity index is 750. The van der Waals surface area contributed by atoms with Crippen molar-refractivity contribution in [1.82, 2.24) is 9.97 Å². The van der Waals surface area contributed by atoms with Gasteiger partial charge in [0.05, 0.1) is 5.52 Å². The molecule has 1 aromatic carbocycles. The van der Waals surface area contributed by atoms with E-state index < -0.39 is 11.8 Å². The molecule has 0 radical (unpaired) electrons. The number of aromatic nitrogens is 2. The second-order valence-corrected chi connectivity index (χ2v) is 6.07. The number of carbonyl (C=O) groups is 2. The molecule has 0 spiro atoms. The Labute approximate surface area is 149 Å². The van der Waals surface area contributed by atoms with Crippen molar-refractivity contribution in [3.63, 3.8) is 0 Å². The van der Waals surface area contributed by atoms with E-state index in [1.54, 1.807) is 0 Å². The Hall–Kier alpha value is -2.02. The van der Waals surface area contributed by atoms with E-state index in [4.69, 9.17) is 0 Å². The maximum Gasteiger partial charge on any atom is 0.241 e. The smallest absolute Gasteiger partial charge is 0.241 e. The van der Waals surface area contributed by atoms with Crippen LogP contribution in [0.4, 0.5) is 11.8 Å². The van der Waals surface area contributed by atoms with Gasteiger partial charge in [0.1, 0.15) is 5.82 Å². The molecular weight excluding hydrogens is 372 g/mol. The summed E-state index contributed by atoms with van der Waals surface area (Å²) in [4.78, 5) is 33.4. The normalized spacial score (nSPS) is 10.7. The predicted octanol–water partition coefficient (Wildman–Crippen LogP) is 3.64. The van der Waals surface area contributed by atoms with E-state index in [0.29, 0.717) is 11.3 Å². The maximum absolute atomic E-state index is 11.8. The monoisotopic (exact) mass is 392 g/mol. The molecule has 1 aromatic heterocycles. The lowest BCUT2D eigenvalue weighted by Gasteiger charge is -2.17. The summed E-state index contributed by atoms with van der Waals surface area (Å²) >= 11 is 3.45. The topological polar surface area (TPSA) is 75.2 Å². The van der Waals surface area contributed by atoms with Gasteiger partial charge in [-0.05, 0) is 24.1 Å². The molecule has 0 unspecified atom stereocenters. The highest BCUT2D eigenvalue weighted by Gasteiger charge is 2.21. The average Bonchev–Trinajstić information content (AvgIpc) is 2.54. The molecule has 2 rings (SSSR count). The SMILES string of the molecule is CCCCNc1nc(N(C(C)=O)C(C)=O)nc2ccc(CBr)cc12. The van der Waals surface area contributed by atoms with Crippen LogP contribution in [0.1, 0.15) is 39.2 Å². The Morgan fingerprint density at radius 1 is 1.21 bits per heavy atom. The second-order valence-electron chi connectivity index (χ2n) is 5.51. The van der Waals surface area contributed by atoms with E-state index in [2.05, 4.69) is 38.1 Å². The van der Waals surface area contributed by atoms with Gasteiger partial charge < -0.3 is 5.32 Å². The fourth-order valence-electron chi connectivity index (χ4n) is 2.37. The molecule has 0 saturated heterocycles. The third-order valence-corrected chi connectivity index (χ3v) is 4.20. The number of fused-ring (bicyclic) bond motifs is 1. The summed E-state index contributed by atoms with van der Waals surface area (Å²) in [6, 6.07) is 5.84. The fourth-order valence-corrected chi connectivity index (χ4v) is 2.72. The van der Waals surface area contributed by atoms with Gasteiger partial charge in [0.15, 0.2) is 0 Å².